The van der Waals surface area contributed by atoms with Crippen molar-refractivity contribution in [3.8, 4) is 0 Å². The highest BCUT2D eigenvalue weighted by molar-refractivity contribution is 6.04. The Bertz CT molecular complexity index is 1040. The summed E-state index contributed by atoms with van der Waals surface area (Å²) >= 11 is 0. The smallest absolute Gasteiger partial charge is 0.241 e. The zero-order valence-electron chi connectivity index (χ0n) is 17.3. The minimum absolute atomic E-state index is 0.123. The highest BCUT2D eigenvalue weighted by Gasteiger charge is 2.21. The van der Waals surface area contributed by atoms with Crippen molar-refractivity contribution in [1.82, 2.24) is 4.90 Å². The van der Waals surface area contributed by atoms with Gasteiger partial charge in [-0.05, 0) is 56.5 Å². The molecule has 150 valence electrons. The maximum absolute atomic E-state index is 12.8. The van der Waals surface area contributed by atoms with Crippen molar-refractivity contribution in [2.24, 2.45) is 0 Å². The van der Waals surface area contributed by atoms with Crippen LogP contribution in [0.3, 0.4) is 0 Å². The largest absolute Gasteiger partial charge is 0.325 e. The molecule has 3 aromatic carbocycles. The van der Waals surface area contributed by atoms with E-state index < -0.39 is 6.04 Å². The minimum Gasteiger partial charge on any atom is -0.325 e. The Morgan fingerprint density at radius 2 is 1.55 bits per heavy atom. The molecule has 3 rings (SSSR count). The molecule has 1 atom stereocenters. The van der Waals surface area contributed by atoms with Crippen molar-refractivity contribution in [3.63, 3.8) is 0 Å². The van der Waals surface area contributed by atoms with Crippen LogP contribution in [0.5, 0.6) is 0 Å². The van der Waals surface area contributed by atoms with Gasteiger partial charge in [0.25, 0.3) is 0 Å². The van der Waals surface area contributed by atoms with Crippen LogP contribution in [0.2, 0.25) is 0 Å². The molecule has 3 aromatic rings. The molecule has 0 fully saturated rings. The van der Waals surface area contributed by atoms with Gasteiger partial charge in [0.05, 0.1) is 12.6 Å². The maximum Gasteiger partial charge on any atom is 0.241 e. The van der Waals surface area contributed by atoms with E-state index >= 15 is 0 Å². The zero-order valence-corrected chi connectivity index (χ0v) is 17.3. The normalized spacial score (nSPS) is 12.0. The molecule has 1 unspecified atom stereocenters. The molecular weight excluding hydrogens is 362 g/mol. The van der Waals surface area contributed by atoms with Gasteiger partial charge in [-0.1, -0.05) is 48.5 Å². The van der Waals surface area contributed by atoms with Gasteiger partial charge in [-0.3, -0.25) is 14.5 Å². The van der Waals surface area contributed by atoms with Crippen LogP contribution in [0, 0.1) is 13.8 Å². The number of carbonyl (C=O) groups is 2. The number of benzene rings is 3. The lowest BCUT2D eigenvalue weighted by atomic mass is 10.1. The van der Waals surface area contributed by atoms with Gasteiger partial charge in [0.2, 0.25) is 11.8 Å². The van der Waals surface area contributed by atoms with Gasteiger partial charge >= 0.3 is 0 Å². The molecule has 0 aliphatic heterocycles. The number of nitrogens with one attached hydrogen (secondary N) is 2. The molecule has 0 heterocycles. The summed E-state index contributed by atoms with van der Waals surface area (Å²) in [6.07, 6.45) is 0. The number of likely N-dealkylation sites (N-methyl/N-ethyl adjacent to an activating group) is 1. The van der Waals surface area contributed by atoms with E-state index in [0.717, 1.165) is 33.3 Å². The maximum atomic E-state index is 12.8. The summed E-state index contributed by atoms with van der Waals surface area (Å²) in [6, 6.07) is 19.1. The van der Waals surface area contributed by atoms with Gasteiger partial charge in [0.15, 0.2) is 0 Å². The van der Waals surface area contributed by atoms with Crippen LogP contribution in [0.1, 0.15) is 18.1 Å². The number of hydrogen-bond acceptors (Lipinski definition) is 3. The Balaban J connectivity index is 1.63. The van der Waals surface area contributed by atoms with E-state index in [1.165, 1.54) is 0 Å². The van der Waals surface area contributed by atoms with Crippen LogP contribution in [0.15, 0.2) is 60.7 Å². The van der Waals surface area contributed by atoms with Crippen LogP contribution < -0.4 is 10.6 Å². The third kappa shape index (κ3) is 4.81. The third-order valence-electron chi connectivity index (χ3n) is 5.36. The Labute approximate surface area is 171 Å². The van der Waals surface area contributed by atoms with Crippen LogP contribution in [-0.4, -0.2) is 36.3 Å². The first kappa shape index (κ1) is 20.6. The molecular formula is C24H27N3O2. The molecule has 5 heteroatoms. The first-order chi connectivity index (χ1) is 13.9. The van der Waals surface area contributed by atoms with Gasteiger partial charge in [-0.15, -0.1) is 0 Å². The van der Waals surface area contributed by atoms with E-state index in [2.05, 4.69) is 10.6 Å². The fraction of sp³-hybridized carbons (Fsp3) is 0.250. The van der Waals surface area contributed by atoms with Crippen molar-refractivity contribution in [3.05, 3.63) is 71.8 Å². The topological polar surface area (TPSA) is 61.4 Å². The Hall–Kier alpha value is -3.18. The molecule has 29 heavy (non-hydrogen) atoms. The highest BCUT2D eigenvalue weighted by Crippen LogP contribution is 2.23. The molecule has 0 aromatic heterocycles. The predicted molar refractivity (Wildman–Crippen MR) is 119 cm³/mol. The van der Waals surface area contributed by atoms with E-state index in [0.29, 0.717) is 0 Å². The second-order valence-electron chi connectivity index (χ2n) is 7.40. The molecule has 0 saturated heterocycles. The summed E-state index contributed by atoms with van der Waals surface area (Å²) in [5.74, 6) is -0.297. The van der Waals surface area contributed by atoms with E-state index in [1.54, 1.807) is 18.9 Å². The van der Waals surface area contributed by atoms with Crippen LogP contribution in [-0.2, 0) is 9.59 Å². The van der Waals surface area contributed by atoms with Crippen molar-refractivity contribution in [2.75, 3.05) is 24.2 Å². The fourth-order valence-electron chi connectivity index (χ4n) is 3.21. The van der Waals surface area contributed by atoms with Crippen LogP contribution >= 0.6 is 0 Å². The molecule has 0 radical (unpaired) electrons. The molecule has 0 aliphatic carbocycles. The summed E-state index contributed by atoms with van der Waals surface area (Å²) < 4.78 is 0. The Kier molecular flexibility index (Phi) is 6.29. The van der Waals surface area contributed by atoms with Gasteiger partial charge in [-0.25, -0.2) is 0 Å². The summed E-state index contributed by atoms with van der Waals surface area (Å²) in [7, 11) is 1.77. The number of anilines is 2. The number of aryl methyl sites for hydroxylation is 1. The number of nitrogens with zero attached hydrogens (tertiary/aromatic N) is 1. The Morgan fingerprint density at radius 3 is 2.34 bits per heavy atom. The number of amides is 2. The average molecular weight is 389 g/mol. The van der Waals surface area contributed by atoms with Crippen molar-refractivity contribution >= 4 is 34.0 Å². The van der Waals surface area contributed by atoms with E-state index in [1.807, 2.05) is 74.5 Å². The van der Waals surface area contributed by atoms with Crippen molar-refractivity contribution in [2.45, 2.75) is 26.8 Å². The van der Waals surface area contributed by atoms with E-state index in [-0.39, 0.29) is 18.4 Å². The van der Waals surface area contributed by atoms with Crippen molar-refractivity contribution in [1.29, 1.82) is 0 Å². The Morgan fingerprint density at radius 1 is 0.897 bits per heavy atom. The zero-order chi connectivity index (χ0) is 21.0. The lowest BCUT2D eigenvalue weighted by Crippen LogP contribution is -2.43. The summed E-state index contributed by atoms with van der Waals surface area (Å²) in [4.78, 5) is 27.0. The number of fused-ring (bicyclic) bond motifs is 1. The van der Waals surface area contributed by atoms with Gasteiger partial charge in [0.1, 0.15) is 0 Å². The van der Waals surface area contributed by atoms with Crippen LogP contribution in [0.4, 0.5) is 11.4 Å². The second-order valence-corrected chi connectivity index (χ2v) is 7.40. The van der Waals surface area contributed by atoms with E-state index in [4.69, 9.17) is 0 Å². The van der Waals surface area contributed by atoms with Crippen LogP contribution in [0.25, 0.3) is 10.8 Å². The fourth-order valence-corrected chi connectivity index (χ4v) is 3.21. The number of hydrogen-bond donors (Lipinski definition) is 2. The number of rotatable bonds is 6. The van der Waals surface area contributed by atoms with Gasteiger partial charge in [0, 0.05) is 16.8 Å². The molecule has 2 N–H and O–H groups in total. The quantitative estimate of drug-likeness (QED) is 0.659. The summed E-state index contributed by atoms with van der Waals surface area (Å²) in [5, 5.41) is 7.99. The lowest BCUT2D eigenvalue weighted by Gasteiger charge is -2.24. The first-order valence-electron chi connectivity index (χ1n) is 9.71. The molecule has 2 amide bonds. The lowest BCUT2D eigenvalue weighted by molar-refractivity contribution is -0.122. The SMILES string of the molecule is Cc1cccc(NC(=O)CN(C)C(C)C(=O)Nc2cccc3ccccc23)c1C. The third-order valence-corrected chi connectivity index (χ3v) is 5.36. The second kappa shape index (κ2) is 8.88. The summed E-state index contributed by atoms with van der Waals surface area (Å²) in [6.45, 7) is 5.91. The predicted octanol–water partition coefficient (Wildman–Crippen LogP) is 4.35. The monoisotopic (exact) mass is 389 g/mol. The molecule has 0 aliphatic rings. The van der Waals surface area contributed by atoms with E-state index in [9.17, 15) is 9.59 Å². The molecule has 0 saturated carbocycles. The standard InChI is InChI=1S/C24H27N3O2/c1-16-9-7-13-21(17(16)2)25-23(28)15-27(4)18(3)24(29)26-22-14-8-11-19-10-5-6-12-20(19)22/h5-14,18H,15H2,1-4H3,(H,25,28)(H,26,29). The summed E-state index contributed by atoms with van der Waals surface area (Å²) in [5.41, 5.74) is 3.74. The molecule has 0 bridgehead atoms. The average Bonchev–Trinajstić information content (AvgIpc) is 2.71. The minimum atomic E-state index is -0.460. The molecule has 5 nitrogen and oxygen atoms in total. The van der Waals surface area contributed by atoms with Gasteiger partial charge in [-0.2, -0.15) is 0 Å². The highest BCUT2D eigenvalue weighted by atomic mass is 16.2. The van der Waals surface area contributed by atoms with Gasteiger partial charge < -0.3 is 10.6 Å². The molecule has 0 spiro atoms. The first-order valence-corrected chi connectivity index (χ1v) is 9.71. The van der Waals surface area contributed by atoms with Crippen molar-refractivity contribution < 1.29 is 9.59 Å². The number of carbonyl (C=O) groups excluding carboxylic acids is 2.